The van der Waals surface area contributed by atoms with E-state index in [1.165, 1.54) is 4.70 Å². The van der Waals surface area contributed by atoms with Crippen LogP contribution in [-0.2, 0) is 4.79 Å². The summed E-state index contributed by atoms with van der Waals surface area (Å²) in [6.07, 6.45) is 9.52. The standard InChI is InChI=1S/C24H29N5O2S/c1-16(30)29-14-10-17(11-15-29)22-23(26-13-12-25-22)31-19-8-6-18(7-9-19)27-24-28-20-4-2-3-5-21(20)32-24/h2-5,12-13,17-19H,6-11,14-15H2,1H3,(H,27,28)/t18-,19-. The lowest BCUT2D eigenvalue weighted by Gasteiger charge is -2.32. The van der Waals surface area contributed by atoms with Gasteiger partial charge in [-0.2, -0.15) is 0 Å². The van der Waals surface area contributed by atoms with Gasteiger partial charge in [0.05, 0.1) is 10.2 Å². The Hall–Kier alpha value is -2.74. The molecule has 0 radical (unpaired) electrons. The number of piperidine rings is 1. The van der Waals surface area contributed by atoms with Crippen molar-refractivity contribution in [2.45, 2.75) is 63.5 Å². The third-order valence-corrected chi connectivity index (χ3v) is 7.56. The topological polar surface area (TPSA) is 80.2 Å². The van der Waals surface area contributed by atoms with Crippen molar-refractivity contribution in [3.8, 4) is 5.88 Å². The lowest BCUT2D eigenvalue weighted by atomic mass is 9.92. The Morgan fingerprint density at radius 2 is 1.81 bits per heavy atom. The van der Waals surface area contributed by atoms with Crippen LogP contribution in [0.3, 0.4) is 0 Å². The Bertz CT molecular complexity index is 1040. The summed E-state index contributed by atoms with van der Waals surface area (Å²) in [6.45, 7) is 3.19. The molecule has 1 N–H and O–H groups in total. The number of carbonyl (C=O) groups is 1. The monoisotopic (exact) mass is 451 g/mol. The lowest BCUT2D eigenvalue weighted by Crippen LogP contribution is -2.36. The van der Waals surface area contributed by atoms with E-state index in [2.05, 4.69) is 33.5 Å². The van der Waals surface area contributed by atoms with Gasteiger partial charge in [0.15, 0.2) is 5.13 Å². The van der Waals surface area contributed by atoms with Gasteiger partial charge < -0.3 is 15.0 Å². The number of thiazole rings is 1. The Balaban J connectivity index is 1.16. The van der Waals surface area contributed by atoms with Crippen LogP contribution in [0.5, 0.6) is 5.88 Å². The van der Waals surface area contributed by atoms with E-state index >= 15 is 0 Å². The summed E-state index contributed by atoms with van der Waals surface area (Å²) in [5.74, 6) is 1.12. The number of carbonyl (C=O) groups excluding carboxylic acids is 1. The normalized spacial score (nSPS) is 22.1. The second-order valence-corrected chi connectivity index (χ2v) is 9.78. The first-order chi connectivity index (χ1) is 15.7. The number of hydrogen-bond acceptors (Lipinski definition) is 7. The van der Waals surface area contributed by atoms with E-state index in [1.54, 1.807) is 30.7 Å². The molecule has 0 atom stereocenters. The first-order valence-corrected chi connectivity index (χ1v) is 12.3. The van der Waals surface area contributed by atoms with E-state index in [9.17, 15) is 4.79 Å². The molecular formula is C24H29N5O2S. The van der Waals surface area contributed by atoms with Crippen molar-refractivity contribution in [1.29, 1.82) is 0 Å². The first-order valence-electron chi connectivity index (χ1n) is 11.5. The van der Waals surface area contributed by atoms with Crippen LogP contribution < -0.4 is 10.1 Å². The largest absolute Gasteiger partial charge is 0.473 e. The molecule has 2 aromatic heterocycles. The van der Waals surface area contributed by atoms with E-state index in [1.807, 2.05) is 11.0 Å². The average molecular weight is 452 g/mol. The van der Waals surface area contributed by atoms with Crippen molar-refractivity contribution in [2.75, 3.05) is 18.4 Å². The maximum absolute atomic E-state index is 11.6. The Labute approximate surface area is 192 Å². The predicted molar refractivity (Wildman–Crippen MR) is 126 cm³/mol. The van der Waals surface area contributed by atoms with Crippen molar-refractivity contribution in [1.82, 2.24) is 19.9 Å². The molecular weight excluding hydrogens is 422 g/mol. The van der Waals surface area contributed by atoms with Crippen LogP contribution in [0.15, 0.2) is 36.7 Å². The minimum atomic E-state index is 0.148. The van der Waals surface area contributed by atoms with Crippen LogP contribution in [0.25, 0.3) is 10.2 Å². The number of aromatic nitrogens is 3. The molecule has 8 heteroatoms. The molecule has 2 fully saturated rings. The molecule has 0 unspecified atom stereocenters. The predicted octanol–water partition coefficient (Wildman–Crippen LogP) is 4.61. The smallest absolute Gasteiger partial charge is 0.236 e. The number of nitrogens with one attached hydrogen (secondary N) is 1. The van der Waals surface area contributed by atoms with E-state index in [4.69, 9.17) is 9.72 Å². The average Bonchev–Trinajstić information content (AvgIpc) is 3.23. The molecule has 7 nitrogen and oxygen atoms in total. The number of anilines is 1. The minimum Gasteiger partial charge on any atom is -0.473 e. The van der Waals surface area contributed by atoms with Crippen molar-refractivity contribution < 1.29 is 9.53 Å². The van der Waals surface area contributed by atoms with Crippen LogP contribution in [-0.4, -0.2) is 51.0 Å². The number of fused-ring (bicyclic) bond motifs is 1. The molecule has 0 spiro atoms. The van der Waals surface area contributed by atoms with E-state index < -0.39 is 0 Å². The van der Waals surface area contributed by atoms with Gasteiger partial charge in [-0.15, -0.1) is 0 Å². The maximum Gasteiger partial charge on any atom is 0.236 e. The highest BCUT2D eigenvalue weighted by Crippen LogP contribution is 2.34. The molecule has 1 aliphatic carbocycles. The van der Waals surface area contributed by atoms with Gasteiger partial charge in [-0.25, -0.2) is 9.97 Å². The summed E-state index contributed by atoms with van der Waals surface area (Å²) in [5, 5.41) is 4.63. The zero-order valence-corrected chi connectivity index (χ0v) is 19.2. The van der Waals surface area contributed by atoms with Crippen LogP contribution in [0, 0.1) is 0 Å². The second-order valence-electron chi connectivity index (χ2n) is 8.75. The van der Waals surface area contributed by atoms with Crippen LogP contribution in [0.1, 0.15) is 57.1 Å². The molecule has 0 bridgehead atoms. The molecule has 1 saturated carbocycles. The Morgan fingerprint density at radius 3 is 2.56 bits per heavy atom. The zero-order valence-electron chi connectivity index (χ0n) is 18.4. The van der Waals surface area contributed by atoms with Crippen molar-refractivity contribution in [2.24, 2.45) is 0 Å². The summed E-state index contributed by atoms with van der Waals surface area (Å²) >= 11 is 1.72. The number of benzene rings is 1. The minimum absolute atomic E-state index is 0.148. The number of rotatable bonds is 5. The van der Waals surface area contributed by atoms with Crippen LogP contribution in [0.2, 0.25) is 0 Å². The number of ether oxygens (including phenoxy) is 1. The molecule has 2 aliphatic rings. The summed E-state index contributed by atoms with van der Waals surface area (Å²) in [4.78, 5) is 27.4. The Kier molecular flexibility index (Phi) is 6.21. The van der Waals surface area contributed by atoms with Gasteiger partial charge in [-0.1, -0.05) is 23.5 Å². The SMILES string of the molecule is CC(=O)N1CCC(c2nccnc2O[C@H]2CC[C@H](Nc3nc4ccccc4s3)CC2)CC1. The van der Waals surface area contributed by atoms with Crippen molar-refractivity contribution in [3.63, 3.8) is 0 Å². The quantitative estimate of drug-likeness (QED) is 0.610. The van der Waals surface area contributed by atoms with Crippen LogP contribution in [0.4, 0.5) is 5.13 Å². The molecule has 3 aromatic rings. The number of para-hydroxylation sites is 1. The molecule has 1 amide bonds. The van der Waals surface area contributed by atoms with Gasteiger partial charge in [0.25, 0.3) is 0 Å². The fraction of sp³-hybridized carbons (Fsp3) is 0.500. The first kappa shape index (κ1) is 21.1. The molecule has 1 aliphatic heterocycles. The van der Waals surface area contributed by atoms with E-state index in [-0.39, 0.29) is 12.0 Å². The maximum atomic E-state index is 11.6. The third kappa shape index (κ3) is 4.70. The fourth-order valence-electron chi connectivity index (χ4n) is 4.77. The summed E-state index contributed by atoms with van der Waals surface area (Å²) in [7, 11) is 0. The van der Waals surface area contributed by atoms with Crippen molar-refractivity contribution in [3.05, 3.63) is 42.4 Å². The number of hydrogen-bond donors (Lipinski definition) is 1. The number of nitrogens with zero attached hydrogens (tertiary/aromatic N) is 4. The molecule has 168 valence electrons. The van der Waals surface area contributed by atoms with Gasteiger partial charge in [0, 0.05) is 44.4 Å². The molecule has 1 saturated heterocycles. The highest BCUT2D eigenvalue weighted by Gasteiger charge is 2.28. The number of amides is 1. The summed E-state index contributed by atoms with van der Waals surface area (Å²) in [5.41, 5.74) is 2.01. The Morgan fingerprint density at radius 1 is 1.06 bits per heavy atom. The molecule has 32 heavy (non-hydrogen) atoms. The third-order valence-electron chi connectivity index (χ3n) is 6.59. The van der Waals surface area contributed by atoms with E-state index in [0.29, 0.717) is 17.8 Å². The zero-order chi connectivity index (χ0) is 21.9. The van der Waals surface area contributed by atoms with Gasteiger partial charge in [-0.3, -0.25) is 9.78 Å². The van der Waals surface area contributed by atoms with Gasteiger partial charge in [0.2, 0.25) is 11.8 Å². The highest BCUT2D eigenvalue weighted by molar-refractivity contribution is 7.22. The molecule has 1 aromatic carbocycles. The second kappa shape index (κ2) is 9.40. The van der Waals surface area contributed by atoms with Gasteiger partial charge in [0.1, 0.15) is 11.8 Å². The molecule has 3 heterocycles. The molecule has 5 rings (SSSR count). The van der Waals surface area contributed by atoms with Gasteiger partial charge >= 0.3 is 0 Å². The highest BCUT2D eigenvalue weighted by atomic mass is 32.1. The fourth-order valence-corrected chi connectivity index (χ4v) is 5.71. The van der Waals surface area contributed by atoms with Crippen LogP contribution >= 0.6 is 11.3 Å². The lowest BCUT2D eigenvalue weighted by molar-refractivity contribution is -0.129. The summed E-state index contributed by atoms with van der Waals surface area (Å²) in [6, 6.07) is 8.69. The van der Waals surface area contributed by atoms with Gasteiger partial charge in [-0.05, 0) is 50.7 Å². The number of likely N-dealkylation sites (tertiary alicyclic amines) is 1. The summed E-state index contributed by atoms with van der Waals surface area (Å²) < 4.78 is 7.58. The van der Waals surface area contributed by atoms with E-state index in [0.717, 1.165) is 68.0 Å². The van der Waals surface area contributed by atoms with Crippen molar-refractivity contribution >= 4 is 32.6 Å².